The summed E-state index contributed by atoms with van der Waals surface area (Å²) in [5, 5.41) is 0.625. The van der Waals surface area contributed by atoms with Gasteiger partial charge in [0.05, 0.1) is 12.0 Å². The zero-order chi connectivity index (χ0) is 16.4. The number of rotatable bonds is 4. The van der Waals surface area contributed by atoms with Crippen molar-refractivity contribution in [1.82, 2.24) is 0 Å². The van der Waals surface area contributed by atoms with Crippen molar-refractivity contribution < 1.29 is 17.6 Å². The van der Waals surface area contributed by atoms with E-state index in [2.05, 4.69) is 4.72 Å². The Hall–Kier alpha value is -2.80. The first-order valence-corrected chi connectivity index (χ1v) is 8.17. The standard InChI is InChI=1S/C16H13NO5S/c1-21-13-4-6-14(7-5-13)23(19,20)17-12-3-8-15-11(10-12)2-9-16(18)22-15/h2-10,17H,1H3. The summed E-state index contributed by atoms with van der Waals surface area (Å²) in [6, 6.07) is 13.6. The molecule has 0 aliphatic rings. The van der Waals surface area contributed by atoms with Crippen LogP contribution in [0.3, 0.4) is 0 Å². The van der Waals surface area contributed by atoms with E-state index in [1.165, 1.54) is 31.4 Å². The number of benzene rings is 2. The van der Waals surface area contributed by atoms with Gasteiger partial charge in [-0.2, -0.15) is 0 Å². The molecule has 0 saturated heterocycles. The quantitative estimate of drug-likeness (QED) is 0.743. The summed E-state index contributed by atoms with van der Waals surface area (Å²) in [7, 11) is -2.20. The van der Waals surface area contributed by atoms with Crippen LogP contribution in [0.1, 0.15) is 0 Å². The summed E-state index contributed by atoms with van der Waals surface area (Å²) >= 11 is 0. The van der Waals surface area contributed by atoms with E-state index >= 15 is 0 Å². The summed E-state index contributed by atoms with van der Waals surface area (Å²) in [5.74, 6) is 0.574. The molecule has 0 unspecified atom stereocenters. The largest absolute Gasteiger partial charge is 0.497 e. The van der Waals surface area contributed by atoms with E-state index in [4.69, 9.17) is 9.15 Å². The Morgan fingerprint density at radius 3 is 2.43 bits per heavy atom. The molecule has 0 aliphatic heterocycles. The number of ether oxygens (including phenoxy) is 1. The number of methoxy groups -OCH3 is 1. The van der Waals surface area contributed by atoms with Crippen molar-refractivity contribution in [2.45, 2.75) is 4.90 Å². The first-order chi connectivity index (χ1) is 11.0. The molecule has 6 nitrogen and oxygen atoms in total. The van der Waals surface area contributed by atoms with E-state index in [1.807, 2.05) is 0 Å². The van der Waals surface area contributed by atoms with Gasteiger partial charge in [0.25, 0.3) is 10.0 Å². The van der Waals surface area contributed by atoms with Gasteiger partial charge in [-0.25, -0.2) is 13.2 Å². The Morgan fingerprint density at radius 1 is 1.00 bits per heavy atom. The minimum absolute atomic E-state index is 0.123. The van der Waals surface area contributed by atoms with Crippen LogP contribution in [0, 0.1) is 0 Å². The first kappa shape index (κ1) is 15.1. The van der Waals surface area contributed by atoms with Crippen molar-refractivity contribution in [3.05, 3.63) is 65.0 Å². The van der Waals surface area contributed by atoms with Gasteiger partial charge in [0, 0.05) is 17.1 Å². The van der Waals surface area contributed by atoms with Crippen LogP contribution >= 0.6 is 0 Å². The van der Waals surface area contributed by atoms with Crippen LogP contribution in [0.15, 0.2) is 68.7 Å². The zero-order valence-corrected chi connectivity index (χ0v) is 13.0. The average molecular weight is 331 g/mol. The van der Waals surface area contributed by atoms with E-state index in [0.717, 1.165) is 0 Å². The lowest BCUT2D eigenvalue weighted by atomic mass is 10.2. The molecule has 0 saturated carbocycles. The van der Waals surface area contributed by atoms with Gasteiger partial charge in [0.1, 0.15) is 11.3 Å². The maximum absolute atomic E-state index is 12.4. The molecule has 3 aromatic rings. The lowest BCUT2D eigenvalue weighted by molar-refractivity contribution is 0.414. The van der Waals surface area contributed by atoms with Gasteiger partial charge < -0.3 is 9.15 Å². The smallest absolute Gasteiger partial charge is 0.336 e. The molecule has 2 aromatic carbocycles. The van der Waals surface area contributed by atoms with Crippen LogP contribution in [0.25, 0.3) is 11.0 Å². The molecule has 0 aliphatic carbocycles. The molecule has 0 fully saturated rings. The lowest BCUT2D eigenvalue weighted by Crippen LogP contribution is -2.12. The lowest BCUT2D eigenvalue weighted by Gasteiger charge is -2.09. The summed E-state index contributed by atoms with van der Waals surface area (Å²) < 4.78 is 37.2. The molecule has 0 bridgehead atoms. The van der Waals surface area contributed by atoms with Gasteiger partial charge in [-0.05, 0) is 48.5 Å². The van der Waals surface area contributed by atoms with E-state index in [1.54, 1.807) is 30.3 Å². The fourth-order valence-corrected chi connectivity index (χ4v) is 3.15. The van der Waals surface area contributed by atoms with Gasteiger partial charge in [-0.15, -0.1) is 0 Å². The predicted octanol–water partition coefficient (Wildman–Crippen LogP) is 2.60. The third kappa shape index (κ3) is 3.19. The van der Waals surface area contributed by atoms with Crippen LogP contribution in [0.2, 0.25) is 0 Å². The number of anilines is 1. The van der Waals surface area contributed by atoms with Crippen molar-refractivity contribution >= 4 is 26.7 Å². The molecule has 0 spiro atoms. The van der Waals surface area contributed by atoms with E-state index in [-0.39, 0.29) is 4.90 Å². The highest BCUT2D eigenvalue weighted by Gasteiger charge is 2.14. The molecule has 0 radical (unpaired) electrons. The van der Waals surface area contributed by atoms with Crippen molar-refractivity contribution in [3.63, 3.8) is 0 Å². The fraction of sp³-hybridized carbons (Fsp3) is 0.0625. The highest BCUT2D eigenvalue weighted by atomic mass is 32.2. The van der Waals surface area contributed by atoms with E-state index in [0.29, 0.717) is 22.4 Å². The zero-order valence-electron chi connectivity index (χ0n) is 12.1. The SMILES string of the molecule is COc1ccc(S(=O)(=O)Nc2ccc3oc(=O)ccc3c2)cc1. The van der Waals surface area contributed by atoms with Crippen LogP contribution < -0.4 is 15.1 Å². The third-order valence-electron chi connectivity index (χ3n) is 3.24. The third-order valence-corrected chi connectivity index (χ3v) is 4.64. The van der Waals surface area contributed by atoms with Gasteiger partial charge in [-0.1, -0.05) is 0 Å². The molecular formula is C16H13NO5S. The van der Waals surface area contributed by atoms with E-state index < -0.39 is 15.6 Å². The van der Waals surface area contributed by atoms with Gasteiger partial charge in [0.15, 0.2) is 0 Å². The molecule has 1 aromatic heterocycles. The Morgan fingerprint density at radius 2 is 1.74 bits per heavy atom. The van der Waals surface area contributed by atoms with Crippen LogP contribution in [-0.4, -0.2) is 15.5 Å². The second-order valence-electron chi connectivity index (χ2n) is 4.79. The summed E-state index contributed by atoms with van der Waals surface area (Å²) in [4.78, 5) is 11.3. The molecule has 23 heavy (non-hydrogen) atoms. The van der Waals surface area contributed by atoms with Crippen LogP contribution in [-0.2, 0) is 10.0 Å². The van der Waals surface area contributed by atoms with Crippen LogP contribution in [0.4, 0.5) is 5.69 Å². The minimum atomic E-state index is -3.71. The number of fused-ring (bicyclic) bond motifs is 1. The number of sulfonamides is 1. The average Bonchev–Trinajstić information content (AvgIpc) is 2.55. The van der Waals surface area contributed by atoms with E-state index in [9.17, 15) is 13.2 Å². The molecule has 0 amide bonds. The fourth-order valence-electron chi connectivity index (χ4n) is 2.10. The monoisotopic (exact) mass is 331 g/mol. The minimum Gasteiger partial charge on any atom is -0.497 e. The topological polar surface area (TPSA) is 85.6 Å². The highest BCUT2D eigenvalue weighted by molar-refractivity contribution is 7.92. The second kappa shape index (κ2) is 5.77. The molecule has 1 N–H and O–H groups in total. The number of hydrogen-bond acceptors (Lipinski definition) is 5. The van der Waals surface area contributed by atoms with Gasteiger partial charge in [0.2, 0.25) is 0 Å². The molecular weight excluding hydrogens is 318 g/mol. The highest BCUT2D eigenvalue weighted by Crippen LogP contribution is 2.22. The normalized spacial score (nSPS) is 11.3. The maximum Gasteiger partial charge on any atom is 0.336 e. The maximum atomic E-state index is 12.4. The van der Waals surface area contributed by atoms with Gasteiger partial charge >= 0.3 is 5.63 Å². The Labute approximate surface area is 132 Å². The molecule has 1 heterocycles. The second-order valence-corrected chi connectivity index (χ2v) is 6.47. The number of nitrogens with one attached hydrogen (secondary N) is 1. The molecule has 7 heteroatoms. The van der Waals surface area contributed by atoms with Crippen molar-refractivity contribution in [3.8, 4) is 5.75 Å². The van der Waals surface area contributed by atoms with Gasteiger partial charge in [-0.3, -0.25) is 4.72 Å². The van der Waals surface area contributed by atoms with Crippen molar-refractivity contribution in [2.75, 3.05) is 11.8 Å². The Balaban J connectivity index is 1.93. The Bertz CT molecular complexity index is 1010. The molecule has 118 valence electrons. The summed E-state index contributed by atoms with van der Waals surface area (Å²) in [6.45, 7) is 0. The Kier molecular flexibility index (Phi) is 3.79. The summed E-state index contributed by atoms with van der Waals surface area (Å²) in [6.07, 6.45) is 0. The molecule has 3 rings (SSSR count). The van der Waals surface area contributed by atoms with Crippen molar-refractivity contribution in [1.29, 1.82) is 0 Å². The summed E-state index contributed by atoms with van der Waals surface area (Å²) in [5.41, 5.74) is 0.316. The first-order valence-electron chi connectivity index (χ1n) is 6.69. The predicted molar refractivity (Wildman–Crippen MR) is 86.3 cm³/mol. The number of hydrogen-bond donors (Lipinski definition) is 1. The molecule has 0 atom stereocenters. The van der Waals surface area contributed by atoms with Crippen LogP contribution in [0.5, 0.6) is 5.75 Å². The van der Waals surface area contributed by atoms with Crippen molar-refractivity contribution in [2.24, 2.45) is 0 Å².